The van der Waals surface area contributed by atoms with Gasteiger partial charge in [-0.05, 0) is 12.6 Å². The van der Waals surface area contributed by atoms with E-state index in [1.807, 2.05) is 6.26 Å². The van der Waals surface area contributed by atoms with E-state index in [0.29, 0.717) is 0 Å². The van der Waals surface area contributed by atoms with Crippen LogP contribution in [0, 0.1) is 0 Å². The third-order valence-electron chi connectivity index (χ3n) is 2.94. The van der Waals surface area contributed by atoms with E-state index in [9.17, 15) is 4.21 Å². The molecule has 2 heterocycles. The number of nitrogens with one attached hydrogen (secondary N) is 1. The van der Waals surface area contributed by atoms with Crippen molar-refractivity contribution in [3.05, 3.63) is 23.7 Å². The average Bonchev–Trinajstić information content (AvgIpc) is 2.77. The summed E-state index contributed by atoms with van der Waals surface area (Å²) in [6.45, 7) is 6.59. The van der Waals surface area contributed by atoms with Crippen LogP contribution in [0.25, 0.3) is 0 Å². The maximum Gasteiger partial charge on any atom is 0.118 e. The van der Waals surface area contributed by atoms with E-state index in [-0.39, 0.29) is 0 Å². The molecule has 96 valence electrons. The first-order valence-electron chi connectivity index (χ1n) is 6.12. The molecule has 4 nitrogen and oxygen atoms in total. The summed E-state index contributed by atoms with van der Waals surface area (Å²) in [5.41, 5.74) is 1.20. The Morgan fingerprint density at radius 3 is 2.94 bits per heavy atom. The first-order chi connectivity index (χ1) is 8.28. The molecule has 0 amide bonds. The van der Waals surface area contributed by atoms with Gasteiger partial charge in [-0.2, -0.15) is 0 Å². The van der Waals surface area contributed by atoms with E-state index in [4.69, 9.17) is 4.42 Å². The minimum atomic E-state index is -0.600. The third-order valence-corrected chi connectivity index (χ3v) is 4.21. The molecule has 1 aliphatic rings. The molecule has 0 aliphatic carbocycles. The standard InChI is InChI=1S/C12H20N2O2S/c1-2-13-8-11-7-12(16-10-11)9-14-3-5-17(15)6-4-14/h7,10,13H,2-6,8-9H2,1H3. The summed E-state index contributed by atoms with van der Waals surface area (Å²) < 4.78 is 16.8. The van der Waals surface area contributed by atoms with Crippen LogP contribution in [0.15, 0.2) is 16.7 Å². The predicted octanol–water partition coefficient (Wildman–Crippen LogP) is 0.953. The van der Waals surface area contributed by atoms with E-state index < -0.39 is 10.8 Å². The van der Waals surface area contributed by atoms with Gasteiger partial charge in [0.2, 0.25) is 0 Å². The van der Waals surface area contributed by atoms with Gasteiger partial charge < -0.3 is 9.73 Å². The zero-order chi connectivity index (χ0) is 12.1. The smallest absolute Gasteiger partial charge is 0.118 e. The van der Waals surface area contributed by atoms with Gasteiger partial charge >= 0.3 is 0 Å². The van der Waals surface area contributed by atoms with E-state index >= 15 is 0 Å². The van der Waals surface area contributed by atoms with Gasteiger partial charge in [0, 0.05) is 47.5 Å². The lowest BCUT2D eigenvalue weighted by Crippen LogP contribution is -2.37. The van der Waals surface area contributed by atoms with Crippen LogP contribution in [0.5, 0.6) is 0 Å². The van der Waals surface area contributed by atoms with Gasteiger partial charge in [-0.15, -0.1) is 0 Å². The van der Waals surface area contributed by atoms with Crippen LogP contribution >= 0.6 is 0 Å². The zero-order valence-corrected chi connectivity index (χ0v) is 11.1. The number of hydrogen-bond donors (Lipinski definition) is 1. The topological polar surface area (TPSA) is 45.5 Å². The summed E-state index contributed by atoms with van der Waals surface area (Å²) in [5.74, 6) is 2.60. The van der Waals surface area contributed by atoms with Gasteiger partial charge in [-0.1, -0.05) is 6.92 Å². The highest BCUT2D eigenvalue weighted by Crippen LogP contribution is 2.12. The van der Waals surface area contributed by atoms with Gasteiger partial charge in [-0.25, -0.2) is 0 Å². The highest BCUT2D eigenvalue weighted by atomic mass is 32.2. The summed E-state index contributed by atoms with van der Waals surface area (Å²) in [6.07, 6.45) is 1.82. The van der Waals surface area contributed by atoms with Crippen LogP contribution < -0.4 is 5.32 Å². The second kappa shape index (κ2) is 6.33. The lowest BCUT2D eigenvalue weighted by Gasteiger charge is -2.24. The quantitative estimate of drug-likeness (QED) is 0.852. The van der Waals surface area contributed by atoms with Gasteiger partial charge in [0.25, 0.3) is 0 Å². The minimum Gasteiger partial charge on any atom is -0.468 e. The van der Waals surface area contributed by atoms with Gasteiger partial charge in [0.15, 0.2) is 0 Å². The molecule has 1 fully saturated rings. The molecule has 0 spiro atoms. The number of rotatable bonds is 5. The van der Waals surface area contributed by atoms with Gasteiger partial charge in [-0.3, -0.25) is 9.11 Å². The molecular weight excluding hydrogens is 236 g/mol. The van der Waals surface area contributed by atoms with Crippen molar-refractivity contribution in [1.29, 1.82) is 0 Å². The van der Waals surface area contributed by atoms with Crippen molar-refractivity contribution in [2.75, 3.05) is 31.1 Å². The Hall–Kier alpha value is -0.650. The molecule has 0 saturated carbocycles. The molecule has 1 aromatic heterocycles. The fourth-order valence-electron chi connectivity index (χ4n) is 1.93. The van der Waals surface area contributed by atoms with Crippen molar-refractivity contribution in [2.45, 2.75) is 20.0 Å². The Morgan fingerprint density at radius 2 is 2.24 bits per heavy atom. The van der Waals surface area contributed by atoms with Crippen molar-refractivity contribution in [3.63, 3.8) is 0 Å². The Bertz CT molecular complexity index is 368. The number of furan rings is 1. The Labute approximate surface area is 105 Å². The average molecular weight is 256 g/mol. The molecule has 1 N–H and O–H groups in total. The molecule has 0 atom stereocenters. The highest BCUT2D eigenvalue weighted by Gasteiger charge is 2.16. The molecule has 1 saturated heterocycles. The van der Waals surface area contributed by atoms with E-state index in [1.54, 1.807) is 0 Å². The van der Waals surface area contributed by atoms with Crippen LogP contribution in [0.2, 0.25) is 0 Å². The van der Waals surface area contributed by atoms with Crippen LogP contribution in [-0.4, -0.2) is 40.2 Å². The monoisotopic (exact) mass is 256 g/mol. The predicted molar refractivity (Wildman–Crippen MR) is 69.2 cm³/mol. The molecule has 17 heavy (non-hydrogen) atoms. The fourth-order valence-corrected chi connectivity index (χ4v) is 3.05. The maximum absolute atomic E-state index is 11.2. The van der Waals surface area contributed by atoms with Crippen LogP contribution in [0.3, 0.4) is 0 Å². The Balaban J connectivity index is 1.82. The lowest BCUT2D eigenvalue weighted by molar-refractivity contribution is 0.265. The first kappa shape index (κ1) is 12.8. The highest BCUT2D eigenvalue weighted by molar-refractivity contribution is 7.85. The number of nitrogens with zero attached hydrogens (tertiary/aromatic N) is 1. The largest absolute Gasteiger partial charge is 0.468 e. The molecular formula is C12H20N2O2S. The minimum absolute atomic E-state index is 0.600. The molecule has 2 rings (SSSR count). The Morgan fingerprint density at radius 1 is 1.47 bits per heavy atom. The van der Waals surface area contributed by atoms with Crippen molar-refractivity contribution in [1.82, 2.24) is 10.2 Å². The van der Waals surface area contributed by atoms with Gasteiger partial charge in [0.1, 0.15) is 5.76 Å². The second-order valence-electron chi connectivity index (χ2n) is 4.33. The van der Waals surface area contributed by atoms with Crippen LogP contribution in [-0.2, 0) is 23.9 Å². The second-order valence-corrected chi connectivity index (χ2v) is 6.02. The summed E-state index contributed by atoms with van der Waals surface area (Å²) in [4.78, 5) is 2.30. The van der Waals surface area contributed by atoms with E-state index in [2.05, 4.69) is 23.2 Å². The molecule has 1 aromatic rings. The molecule has 0 aromatic carbocycles. The van der Waals surface area contributed by atoms with Crippen molar-refractivity contribution in [2.24, 2.45) is 0 Å². The van der Waals surface area contributed by atoms with Crippen molar-refractivity contribution in [3.8, 4) is 0 Å². The lowest BCUT2D eigenvalue weighted by atomic mass is 10.3. The van der Waals surface area contributed by atoms with Crippen molar-refractivity contribution >= 4 is 10.8 Å². The van der Waals surface area contributed by atoms with Crippen LogP contribution in [0.4, 0.5) is 0 Å². The fraction of sp³-hybridized carbons (Fsp3) is 0.667. The Kier molecular flexibility index (Phi) is 4.76. The van der Waals surface area contributed by atoms with Crippen LogP contribution in [0.1, 0.15) is 18.2 Å². The molecule has 5 heteroatoms. The van der Waals surface area contributed by atoms with Gasteiger partial charge in [0.05, 0.1) is 12.8 Å². The van der Waals surface area contributed by atoms with Crippen molar-refractivity contribution < 1.29 is 8.63 Å². The summed E-state index contributed by atoms with van der Waals surface area (Å²) in [7, 11) is -0.600. The molecule has 0 unspecified atom stereocenters. The summed E-state index contributed by atoms with van der Waals surface area (Å²) >= 11 is 0. The SMILES string of the molecule is CCNCc1coc(CN2CCS(=O)CC2)c1. The first-order valence-corrected chi connectivity index (χ1v) is 7.61. The summed E-state index contributed by atoms with van der Waals surface area (Å²) in [5, 5.41) is 3.27. The van der Waals surface area contributed by atoms with E-state index in [1.165, 1.54) is 5.56 Å². The van der Waals surface area contributed by atoms with E-state index in [0.717, 1.165) is 50.0 Å². The molecule has 1 aliphatic heterocycles. The normalized spacial score (nSPS) is 18.6. The summed E-state index contributed by atoms with van der Waals surface area (Å²) in [6, 6.07) is 2.11. The molecule has 0 radical (unpaired) electrons. The third kappa shape index (κ3) is 3.94. The maximum atomic E-state index is 11.2. The molecule has 0 bridgehead atoms. The zero-order valence-electron chi connectivity index (χ0n) is 10.3. The number of hydrogen-bond acceptors (Lipinski definition) is 4.